The van der Waals surface area contributed by atoms with E-state index in [1.54, 1.807) is 18.2 Å². The first-order valence-electron chi connectivity index (χ1n) is 6.88. The molecule has 1 N–H and O–H groups in total. The van der Waals surface area contributed by atoms with Crippen LogP contribution in [0.3, 0.4) is 0 Å². The molecule has 0 amide bonds. The molecule has 0 aliphatic heterocycles. The monoisotopic (exact) mass is 307 g/mol. The number of aromatic nitrogens is 1. The number of carbonyl (C=O) groups is 1. The highest BCUT2D eigenvalue weighted by Crippen LogP contribution is 2.24. The van der Waals surface area contributed by atoms with Crippen molar-refractivity contribution >= 4 is 28.5 Å². The number of pyridine rings is 1. The van der Waals surface area contributed by atoms with E-state index in [0.29, 0.717) is 16.0 Å². The van der Waals surface area contributed by atoms with Crippen LogP contribution in [0, 0.1) is 6.92 Å². The summed E-state index contributed by atoms with van der Waals surface area (Å²) in [5, 5.41) is 10.0. The van der Waals surface area contributed by atoms with Crippen LogP contribution in [0.2, 0.25) is 5.02 Å². The summed E-state index contributed by atoms with van der Waals surface area (Å²) < 4.78 is 2.04. The molecule has 0 saturated heterocycles. The zero-order chi connectivity index (χ0) is 15.7. The van der Waals surface area contributed by atoms with Crippen molar-refractivity contribution in [2.24, 2.45) is 0 Å². The van der Waals surface area contributed by atoms with Gasteiger partial charge in [0, 0.05) is 34.1 Å². The lowest BCUT2D eigenvalue weighted by Crippen LogP contribution is -2.21. The minimum Gasteiger partial charge on any atom is -0.481 e. The number of hydrogen-bond donors (Lipinski definition) is 1. The molecule has 0 radical (unpaired) electrons. The molecular formula is C16H18ClNO3. The zero-order valence-electron chi connectivity index (χ0n) is 12.3. The van der Waals surface area contributed by atoms with Crippen molar-refractivity contribution in [3.63, 3.8) is 0 Å². The summed E-state index contributed by atoms with van der Waals surface area (Å²) in [5.41, 5.74) is 2.07. The van der Waals surface area contributed by atoms with Gasteiger partial charge in [0.2, 0.25) is 0 Å². The highest BCUT2D eigenvalue weighted by Gasteiger charge is 2.16. The van der Waals surface area contributed by atoms with Gasteiger partial charge in [-0.1, -0.05) is 11.6 Å². The standard InChI is InChI=1S/C16H18ClNO3/c1-9(2)18-10(3)12(6-7-15(19)20)16(21)13-5-4-11(17)8-14(13)18/h4-5,8-9H,6-7H2,1-3H3,(H,19,20). The maximum absolute atomic E-state index is 12.6. The van der Waals surface area contributed by atoms with Crippen LogP contribution in [0.1, 0.15) is 37.6 Å². The zero-order valence-corrected chi connectivity index (χ0v) is 13.1. The SMILES string of the molecule is Cc1c(CCC(=O)O)c(=O)c2ccc(Cl)cc2n1C(C)C. The molecule has 0 bridgehead atoms. The molecule has 2 aromatic rings. The van der Waals surface area contributed by atoms with Gasteiger partial charge in [0.15, 0.2) is 5.43 Å². The van der Waals surface area contributed by atoms with Crippen molar-refractivity contribution in [1.29, 1.82) is 0 Å². The largest absolute Gasteiger partial charge is 0.481 e. The van der Waals surface area contributed by atoms with Crippen LogP contribution in [0.25, 0.3) is 10.9 Å². The second-order valence-electron chi connectivity index (χ2n) is 5.41. The second-order valence-corrected chi connectivity index (χ2v) is 5.85. The summed E-state index contributed by atoms with van der Waals surface area (Å²) in [6.45, 7) is 5.91. The number of hydrogen-bond acceptors (Lipinski definition) is 2. The van der Waals surface area contributed by atoms with E-state index in [2.05, 4.69) is 0 Å². The molecule has 1 heterocycles. The van der Waals surface area contributed by atoms with Gasteiger partial charge in [0.25, 0.3) is 0 Å². The maximum atomic E-state index is 12.6. The summed E-state index contributed by atoms with van der Waals surface area (Å²) in [7, 11) is 0. The van der Waals surface area contributed by atoms with Crippen LogP contribution in [-0.2, 0) is 11.2 Å². The number of benzene rings is 1. The summed E-state index contributed by atoms with van der Waals surface area (Å²) in [6.07, 6.45) is 0.193. The Bertz CT molecular complexity index is 762. The number of carboxylic acids is 1. The number of aliphatic carboxylic acids is 1. The molecule has 0 unspecified atom stereocenters. The van der Waals surface area contributed by atoms with Crippen LogP contribution < -0.4 is 5.43 Å². The average molecular weight is 308 g/mol. The number of carboxylic acid groups (broad SMARTS) is 1. The smallest absolute Gasteiger partial charge is 0.303 e. The molecule has 0 atom stereocenters. The predicted octanol–water partition coefficient (Wildman–Crippen LogP) is 3.56. The predicted molar refractivity (Wildman–Crippen MR) is 84.3 cm³/mol. The van der Waals surface area contributed by atoms with Crippen molar-refractivity contribution in [1.82, 2.24) is 4.57 Å². The van der Waals surface area contributed by atoms with Gasteiger partial charge in [-0.25, -0.2) is 0 Å². The Hall–Kier alpha value is -1.81. The van der Waals surface area contributed by atoms with E-state index in [-0.39, 0.29) is 24.3 Å². The highest BCUT2D eigenvalue weighted by atomic mass is 35.5. The average Bonchev–Trinajstić information content (AvgIpc) is 2.37. The molecule has 0 fully saturated rings. The third kappa shape index (κ3) is 2.95. The lowest BCUT2D eigenvalue weighted by Gasteiger charge is -2.21. The Morgan fingerprint density at radius 1 is 1.38 bits per heavy atom. The van der Waals surface area contributed by atoms with E-state index in [1.165, 1.54) is 0 Å². The van der Waals surface area contributed by atoms with Gasteiger partial charge in [-0.05, 0) is 45.4 Å². The number of halogens is 1. The Kier molecular flexibility index (Phi) is 4.37. The number of nitrogens with zero attached hydrogens (tertiary/aromatic N) is 1. The third-order valence-corrected chi connectivity index (χ3v) is 3.88. The summed E-state index contributed by atoms with van der Waals surface area (Å²) in [4.78, 5) is 23.4. The molecule has 112 valence electrons. The molecule has 0 saturated carbocycles. The van der Waals surface area contributed by atoms with E-state index in [9.17, 15) is 9.59 Å². The molecule has 0 spiro atoms. The molecule has 2 rings (SSSR count). The van der Waals surface area contributed by atoms with E-state index in [0.717, 1.165) is 11.2 Å². The molecular weight excluding hydrogens is 290 g/mol. The van der Waals surface area contributed by atoms with Crippen molar-refractivity contribution in [2.45, 2.75) is 39.7 Å². The Balaban J connectivity index is 2.79. The normalized spacial score (nSPS) is 11.3. The molecule has 0 aliphatic carbocycles. The maximum Gasteiger partial charge on any atom is 0.303 e. The molecule has 1 aromatic heterocycles. The third-order valence-electron chi connectivity index (χ3n) is 3.64. The quantitative estimate of drug-likeness (QED) is 0.939. The van der Waals surface area contributed by atoms with E-state index >= 15 is 0 Å². The second kappa shape index (κ2) is 5.90. The first-order chi connectivity index (χ1) is 9.82. The van der Waals surface area contributed by atoms with Crippen LogP contribution in [-0.4, -0.2) is 15.6 Å². The Morgan fingerprint density at radius 2 is 2.05 bits per heavy atom. The fourth-order valence-corrected chi connectivity index (χ4v) is 2.91. The van der Waals surface area contributed by atoms with Crippen molar-refractivity contribution < 1.29 is 9.90 Å². The summed E-state index contributed by atoms with van der Waals surface area (Å²) in [5.74, 6) is -0.902. The van der Waals surface area contributed by atoms with Gasteiger partial charge in [-0.3, -0.25) is 9.59 Å². The van der Waals surface area contributed by atoms with Gasteiger partial charge >= 0.3 is 5.97 Å². The molecule has 1 aromatic carbocycles. The summed E-state index contributed by atoms with van der Waals surface area (Å²) in [6, 6.07) is 5.33. The van der Waals surface area contributed by atoms with Crippen molar-refractivity contribution in [2.75, 3.05) is 0 Å². The van der Waals surface area contributed by atoms with Gasteiger partial charge in [0.05, 0.1) is 5.52 Å². The van der Waals surface area contributed by atoms with Crippen LogP contribution in [0.5, 0.6) is 0 Å². The first kappa shape index (κ1) is 15.6. The topological polar surface area (TPSA) is 59.3 Å². The van der Waals surface area contributed by atoms with Crippen LogP contribution in [0.15, 0.2) is 23.0 Å². The lowest BCUT2D eigenvalue weighted by atomic mass is 10.0. The van der Waals surface area contributed by atoms with E-state index < -0.39 is 5.97 Å². The summed E-state index contributed by atoms with van der Waals surface area (Å²) >= 11 is 6.05. The van der Waals surface area contributed by atoms with Crippen molar-refractivity contribution in [3.05, 3.63) is 44.7 Å². The molecule has 21 heavy (non-hydrogen) atoms. The Morgan fingerprint density at radius 3 is 2.62 bits per heavy atom. The number of fused-ring (bicyclic) bond motifs is 1. The van der Waals surface area contributed by atoms with Gasteiger partial charge in [-0.2, -0.15) is 0 Å². The van der Waals surface area contributed by atoms with Crippen molar-refractivity contribution in [3.8, 4) is 0 Å². The minimum atomic E-state index is -0.902. The van der Waals surface area contributed by atoms with Crippen LogP contribution in [0.4, 0.5) is 0 Å². The first-order valence-corrected chi connectivity index (χ1v) is 7.25. The van der Waals surface area contributed by atoms with Gasteiger partial charge < -0.3 is 9.67 Å². The fourth-order valence-electron chi connectivity index (χ4n) is 2.74. The van der Waals surface area contributed by atoms with Crippen LogP contribution >= 0.6 is 11.6 Å². The number of rotatable bonds is 4. The molecule has 5 heteroatoms. The highest BCUT2D eigenvalue weighted by molar-refractivity contribution is 6.31. The van der Waals surface area contributed by atoms with Gasteiger partial charge in [-0.15, -0.1) is 0 Å². The van der Waals surface area contributed by atoms with E-state index in [4.69, 9.17) is 16.7 Å². The fraction of sp³-hybridized carbons (Fsp3) is 0.375. The van der Waals surface area contributed by atoms with Gasteiger partial charge in [0.1, 0.15) is 0 Å². The molecule has 0 aliphatic rings. The lowest BCUT2D eigenvalue weighted by molar-refractivity contribution is -0.136. The Labute approximate surface area is 128 Å². The minimum absolute atomic E-state index is 0.0483. The van der Waals surface area contributed by atoms with E-state index in [1.807, 2.05) is 25.3 Å². The molecule has 4 nitrogen and oxygen atoms in total.